The summed E-state index contributed by atoms with van der Waals surface area (Å²) in [5.41, 5.74) is 0.757. The van der Waals surface area contributed by atoms with Gasteiger partial charge in [-0.2, -0.15) is 0 Å². The number of benzene rings is 1. The van der Waals surface area contributed by atoms with Gasteiger partial charge in [0.2, 0.25) is 11.8 Å². The van der Waals surface area contributed by atoms with Crippen LogP contribution in [-0.2, 0) is 9.59 Å². The summed E-state index contributed by atoms with van der Waals surface area (Å²) < 4.78 is 4.92. The maximum Gasteiger partial charge on any atom is 0.238 e. The van der Waals surface area contributed by atoms with Gasteiger partial charge in [-0.3, -0.25) is 9.59 Å². The number of aryl methyl sites for hydroxylation is 1. The van der Waals surface area contributed by atoms with E-state index in [2.05, 4.69) is 15.8 Å². The highest BCUT2D eigenvalue weighted by Gasteiger charge is 2.16. The van der Waals surface area contributed by atoms with Crippen LogP contribution in [0.3, 0.4) is 0 Å². The molecule has 2 amide bonds. The molecule has 0 bridgehead atoms. The summed E-state index contributed by atoms with van der Waals surface area (Å²) in [7, 11) is 0. The Morgan fingerprint density at radius 3 is 2.54 bits per heavy atom. The van der Waals surface area contributed by atoms with Gasteiger partial charge in [0.1, 0.15) is 5.76 Å². The third-order valence-corrected chi connectivity index (χ3v) is 4.29. The molecule has 1 atom stereocenters. The Morgan fingerprint density at radius 2 is 1.96 bits per heavy atom. The molecule has 128 valence electrons. The van der Waals surface area contributed by atoms with E-state index in [4.69, 9.17) is 4.52 Å². The summed E-state index contributed by atoms with van der Waals surface area (Å²) in [6.07, 6.45) is 1.33. The van der Waals surface area contributed by atoms with E-state index < -0.39 is 0 Å². The maximum atomic E-state index is 12.1. The fourth-order valence-corrected chi connectivity index (χ4v) is 2.85. The monoisotopic (exact) mass is 347 g/mol. The van der Waals surface area contributed by atoms with Crippen LogP contribution in [0.2, 0.25) is 0 Å². The van der Waals surface area contributed by atoms with Crippen LogP contribution in [0.4, 0.5) is 11.5 Å². The molecular formula is C17H21N3O3S. The Bertz CT molecular complexity index is 697. The molecule has 7 heteroatoms. The van der Waals surface area contributed by atoms with Crippen LogP contribution in [0.1, 0.15) is 32.4 Å². The molecule has 0 fully saturated rings. The van der Waals surface area contributed by atoms with E-state index in [0.717, 1.165) is 17.0 Å². The first kappa shape index (κ1) is 18.1. The smallest absolute Gasteiger partial charge is 0.238 e. The van der Waals surface area contributed by atoms with Crippen LogP contribution >= 0.6 is 11.8 Å². The van der Waals surface area contributed by atoms with E-state index in [-0.39, 0.29) is 17.1 Å². The third-order valence-electron chi connectivity index (χ3n) is 3.18. The highest BCUT2D eigenvalue weighted by molar-refractivity contribution is 8.00. The van der Waals surface area contributed by atoms with Crippen molar-refractivity contribution in [1.29, 1.82) is 0 Å². The first-order valence-electron chi connectivity index (χ1n) is 7.78. The summed E-state index contributed by atoms with van der Waals surface area (Å²) in [5, 5.41) is 9.00. The molecule has 1 heterocycles. The van der Waals surface area contributed by atoms with Gasteiger partial charge >= 0.3 is 0 Å². The number of aromatic nitrogens is 1. The molecule has 2 N–H and O–H groups in total. The number of anilines is 2. The van der Waals surface area contributed by atoms with E-state index in [1.54, 1.807) is 13.0 Å². The number of hydrogen-bond donors (Lipinski definition) is 2. The molecule has 0 saturated heterocycles. The van der Waals surface area contributed by atoms with Crippen molar-refractivity contribution in [2.75, 3.05) is 10.6 Å². The van der Waals surface area contributed by atoms with Crippen molar-refractivity contribution in [2.24, 2.45) is 0 Å². The predicted molar refractivity (Wildman–Crippen MR) is 95.2 cm³/mol. The number of thioether (sulfide) groups is 1. The van der Waals surface area contributed by atoms with E-state index in [0.29, 0.717) is 18.0 Å². The second-order valence-electron chi connectivity index (χ2n) is 5.39. The first-order chi connectivity index (χ1) is 11.5. The second-order valence-corrected chi connectivity index (χ2v) is 6.81. The molecule has 24 heavy (non-hydrogen) atoms. The zero-order valence-electron chi connectivity index (χ0n) is 14.0. The Balaban J connectivity index is 1.88. The lowest BCUT2D eigenvalue weighted by atomic mass is 10.3. The lowest BCUT2D eigenvalue weighted by Crippen LogP contribution is -2.22. The fourth-order valence-electron chi connectivity index (χ4n) is 1.98. The van der Waals surface area contributed by atoms with E-state index >= 15 is 0 Å². The molecule has 2 aromatic rings. The molecule has 0 aliphatic heterocycles. The molecule has 0 spiro atoms. The number of amides is 2. The summed E-state index contributed by atoms with van der Waals surface area (Å²) >= 11 is 1.43. The number of hydrogen-bond acceptors (Lipinski definition) is 5. The lowest BCUT2D eigenvalue weighted by Gasteiger charge is -2.11. The second kappa shape index (κ2) is 8.54. The highest BCUT2D eigenvalue weighted by atomic mass is 32.2. The topological polar surface area (TPSA) is 84.2 Å². The molecule has 0 aliphatic carbocycles. The third kappa shape index (κ3) is 5.42. The van der Waals surface area contributed by atoms with Crippen molar-refractivity contribution in [1.82, 2.24) is 5.16 Å². The minimum atomic E-state index is -0.289. The number of carbonyl (C=O) groups excluding carboxylic acids is 2. The average Bonchev–Trinajstić information content (AvgIpc) is 2.94. The van der Waals surface area contributed by atoms with Crippen LogP contribution in [0, 0.1) is 6.92 Å². The van der Waals surface area contributed by atoms with Gasteiger partial charge in [0.05, 0.1) is 5.25 Å². The average molecular weight is 347 g/mol. The van der Waals surface area contributed by atoms with E-state index in [9.17, 15) is 9.59 Å². The quantitative estimate of drug-likeness (QED) is 0.743. The molecule has 2 rings (SSSR count). The van der Waals surface area contributed by atoms with Gasteiger partial charge in [-0.15, -0.1) is 11.8 Å². The fraction of sp³-hybridized carbons (Fsp3) is 0.353. The summed E-state index contributed by atoms with van der Waals surface area (Å²) in [6, 6.07) is 9.11. The highest BCUT2D eigenvalue weighted by Crippen LogP contribution is 2.25. The Hall–Kier alpha value is -2.28. The van der Waals surface area contributed by atoms with Crippen LogP contribution in [0.15, 0.2) is 39.8 Å². The number of rotatable bonds is 7. The predicted octanol–water partition coefficient (Wildman–Crippen LogP) is 3.84. The van der Waals surface area contributed by atoms with Gasteiger partial charge in [0.25, 0.3) is 0 Å². The normalized spacial score (nSPS) is 11.8. The molecular weight excluding hydrogens is 326 g/mol. The van der Waals surface area contributed by atoms with Crippen LogP contribution in [0.5, 0.6) is 0 Å². The van der Waals surface area contributed by atoms with E-state index in [1.807, 2.05) is 38.1 Å². The van der Waals surface area contributed by atoms with Crippen molar-refractivity contribution in [3.8, 4) is 0 Å². The van der Waals surface area contributed by atoms with Gasteiger partial charge in [-0.1, -0.05) is 12.1 Å². The Labute approximate surface area is 145 Å². The van der Waals surface area contributed by atoms with Crippen molar-refractivity contribution in [3.63, 3.8) is 0 Å². The van der Waals surface area contributed by atoms with Gasteiger partial charge < -0.3 is 15.2 Å². The number of carbonyl (C=O) groups is 2. The van der Waals surface area contributed by atoms with Gasteiger partial charge in [0.15, 0.2) is 5.82 Å². The van der Waals surface area contributed by atoms with Gasteiger partial charge in [-0.25, -0.2) is 0 Å². The van der Waals surface area contributed by atoms with Crippen LogP contribution < -0.4 is 10.6 Å². The van der Waals surface area contributed by atoms with Crippen LogP contribution in [0.25, 0.3) is 0 Å². The van der Waals surface area contributed by atoms with Crippen molar-refractivity contribution in [3.05, 3.63) is 36.1 Å². The summed E-state index contributed by atoms with van der Waals surface area (Å²) in [4.78, 5) is 24.6. The standard InChI is InChI=1S/C17H21N3O3S/c1-4-5-16(21)18-13-6-8-14(9-7-13)24-12(3)17(22)19-15-10-11(2)23-20-15/h6-10,12H,4-5H2,1-3H3,(H,18,21)(H,19,20,22). The number of nitrogens with one attached hydrogen (secondary N) is 2. The summed E-state index contributed by atoms with van der Waals surface area (Å²) in [5.74, 6) is 0.924. The SMILES string of the molecule is CCCC(=O)Nc1ccc(SC(C)C(=O)Nc2cc(C)on2)cc1. The molecule has 1 aromatic heterocycles. The first-order valence-corrected chi connectivity index (χ1v) is 8.66. The maximum absolute atomic E-state index is 12.1. The minimum absolute atomic E-state index is 0.00792. The molecule has 0 radical (unpaired) electrons. The van der Waals surface area contributed by atoms with Crippen molar-refractivity contribution >= 4 is 35.1 Å². The molecule has 1 unspecified atom stereocenters. The largest absolute Gasteiger partial charge is 0.360 e. The van der Waals surface area contributed by atoms with Gasteiger partial charge in [-0.05, 0) is 44.5 Å². The zero-order valence-corrected chi connectivity index (χ0v) is 14.8. The van der Waals surface area contributed by atoms with Gasteiger partial charge in [0, 0.05) is 23.1 Å². The van der Waals surface area contributed by atoms with E-state index in [1.165, 1.54) is 11.8 Å². The Morgan fingerprint density at radius 1 is 1.25 bits per heavy atom. The zero-order chi connectivity index (χ0) is 17.5. The van der Waals surface area contributed by atoms with Crippen molar-refractivity contribution < 1.29 is 14.1 Å². The molecule has 0 saturated carbocycles. The summed E-state index contributed by atoms with van der Waals surface area (Å²) in [6.45, 7) is 5.55. The lowest BCUT2D eigenvalue weighted by molar-refractivity contribution is -0.116. The molecule has 0 aliphatic rings. The molecule has 1 aromatic carbocycles. The van der Waals surface area contributed by atoms with Crippen molar-refractivity contribution in [2.45, 2.75) is 43.8 Å². The minimum Gasteiger partial charge on any atom is -0.360 e. The van der Waals surface area contributed by atoms with Crippen LogP contribution in [-0.4, -0.2) is 22.2 Å². The Kier molecular flexibility index (Phi) is 6.43. The number of nitrogens with zero attached hydrogens (tertiary/aromatic N) is 1. The molecule has 6 nitrogen and oxygen atoms in total.